The first-order valence-corrected chi connectivity index (χ1v) is 19.1. The molecular weight excluding hydrogens is 778 g/mol. The standard InChI is InChI=1S/C36H57N3O17S/c1-13-18(2)27(32(46)49-11)39-31(45)24(38-34(48)56-35(8,9)10)14-15-57-36(33(47)50-12)16-25(52-21(5)42)28(37-19(3)40)30(55-36)29(54-23(7)44)26(53-22(6)43)17-51-20(4)41/h18,24-30H,13-17H2,1-12H3,(H,37,40)(H,38,48)(H,39,45)/t18-,24-,25-,26+,27-,28+,29+,30+,36?/m0/s1. The van der Waals surface area contributed by atoms with Crippen LogP contribution < -0.4 is 16.0 Å². The molecule has 57 heavy (non-hydrogen) atoms. The molecule has 0 radical (unpaired) electrons. The number of thioether (sulfide) groups is 1. The Balaban J connectivity index is 3.87. The number of esters is 6. The van der Waals surface area contributed by atoms with E-state index < -0.39 is 120 Å². The molecule has 0 aromatic heterocycles. The number of ether oxygens (including phenoxy) is 8. The molecule has 0 aromatic carbocycles. The van der Waals surface area contributed by atoms with E-state index in [2.05, 4.69) is 16.0 Å². The summed E-state index contributed by atoms with van der Waals surface area (Å²) in [7, 11) is 2.20. The zero-order valence-electron chi connectivity index (χ0n) is 34.5. The van der Waals surface area contributed by atoms with Crippen LogP contribution in [0.1, 0.15) is 88.5 Å². The summed E-state index contributed by atoms with van der Waals surface area (Å²) < 4.78 is 43.5. The van der Waals surface area contributed by atoms with Crippen molar-refractivity contribution in [1.29, 1.82) is 0 Å². The molecule has 0 aromatic rings. The maximum absolute atomic E-state index is 13.8. The Kier molecular flexibility index (Phi) is 20.3. The van der Waals surface area contributed by atoms with Crippen LogP contribution in [0.15, 0.2) is 0 Å². The molecule has 9 atom stereocenters. The highest BCUT2D eigenvalue weighted by atomic mass is 32.2. The molecule has 3 N–H and O–H groups in total. The number of rotatable bonds is 19. The molecule has 1 aliphatic heterocycles. The summed E-state index contributed by atoms with van der Waals surface area (Å²) in [5.41, 5.74) is -0.959. The topological polar surface area (TPSA) is 264 Å². The van der Waals surface area contributed by atoms with Gasteiger partial charge in [0.2, 0.25) is 16.7 Å². The van der Waals surface area contributed by atoms with E-state index in [1.165, 1.54) is 0 Å². The number of amides is 3. The van der Waals surface area contributed by atoms with E-state index in [0.717, 1.165) is 60.6 Å². The SMILES string of the molecule is CC[C@H](C)[C@H](NC(=O)[C@H](CCSC1(C(=O)OC)C[C@H](OC(C)=O)[C@@H](NC(C)=O)[C@H]([C@H](OC(C)=O)[C@@H](COC(C)=O)OC(C)=O)O1)NC(=O)OC(C)(C)C)C(=O)OC. The highest BCUT2D eigenvalue weighted by molar-refractivity contribution is 8.01. The van der Waals surface area contributed by atoms with Crippen molar-refractivity contribution in [3.8, 4) is 0 Å². The third-order valence-corrected chi connectivity index (χ3v) is 9.55. The number of nitrogens with one attached hydrogen (secondary N) is 3. The molecule has 20 nitrogen and oxygen atoms in total. The maximum Gasteiger partial charge on any atom is 0.408 e. The average molecular weight is 836 g/mol. The van der Waals surface area contributed by atoms with Gasteiger partial charge in [0.15, 0.2) is 12.2 Å². The quantitative estimate of drug-likeness (QED) is 0.122. The number of hydrogen-bond acceptors (Lipinski definition) is 18. The van der Waals surface area contributed by atoms with Crippen LogP contribution in [0, 0.1) is 5.92 Å². The van der Waals surface area contributed by atoms with Gasteiger partial charge in [-0.05, 0) is 38.9 Å². The third-order valence-electron chi connectivity index (χ3n) is 8.21. The van der Waals surface area contributed by atoms with Gasteiger partial charge < -0.3 is 53.8 Å². The lowest BCUT2D eigenvalue weighted by atomic mass is 9.89. The first-order chi connectivity index (χ1) is 26.4. The minimum atomic E-state index is -2.17. The van der Waals surface area contributed by atoms with Gasteiger partial charge >= 0.3 is 41.9 Å². The lowest BCUT2D eigenvalue weighted by Crippen LogP contribution is -2.68. The fourth-order valence-corrected chi connectivity index (χ4v) is 7.00. The fraction of sp³-hybridized carbons (Fsp3) is 0.750. The van der Waals surface area contributed by atoms with Gasteiger partial charge in [-0.15, -0.1) is 11.8 Å². The van der Waals surface area contributed by atoms with Gasteiger partial charge in [-0.2, -0.15) is 0 Å². The van der Waals surface area contributed by atoms with Crippen LogP contribution in [0.4, 0.5) is 4.79 Å². The van der Waals surface area contributed by atoms with Crippen molar-refractivity contribution in [2.45, 2.75) is 142 Å². The predicted molar refractivity (Wildman–Crippen MR) is 199 cm³/mol. The normalized spacial score (nSPS) is 21.7. The van der Waals surface area contributed by atoms with Crippen LogP contribution in [0.5, 0.6) is 0 Å². The van der Waals surface area contributed by atoms with Crippen LogP contribution in [0.3, 0.4) is 0 Å². The van der Waals surface area contributed by atoms with E-state index in [1.807, 2.05) is 0 Å². The maximum atomic E-state index is 13.8. The van der Waals surface area contributed by atoms with Crippen molar-refractivity contribution in [1.82, 2.24) is 16.0 Å². The van der Waals surface area contributed by atoms with E-state index >= 15 is 0 Å². The van der Waals surface area contributed by atoms with Crippen molar-refractivity contribution in [3.63, 3.8) is 0 Å². The van der Waals surface area contributed by atoms with Gasteiger partial charge in [0.05, 0.1) is 20.3 Å². The van der Waals surface area contributed by atoms with Crippen molar-refractivity contribution in [2.75, 3.05) is 26.6 Å². The molecule has 1 heterocycles. The molecular formula is C36H57N3O17S. The second kappa shape index (κ2) is 22.9. The van der Waals surface area contributed by atoms with Crippen LogP contribution in [-0.4, -0.2) is 133 Å². The van der Waals surface area contributed by atoms with Gasteiger partial charge in [0.25, 0.3) is 0 Å². The Labute approximate surface area is 336 Å². The first-order valence-electron chi connectivity index (χ1n) is 18.1. The number of hydrogen-bond donors (Lipinski definition) is 3. The summed E-state index contributed by atoms with van der Waals surface area (Å²) in [5.74, 6) is -7.28. The third kappa shape index (κ3) is 16.8. The Hall–Kier alpha value is -4.66. The number of alkyl carbamates (subject to hydrolysis) is 1. The van der Waals surface area contributed by atoms with Crippen LogP contribution in [0.25, 0.3) is 0 Å². The molecule has 1 fully saturated rings. The van der Waals surface area contributed by atoms with Gasteiger partial charge in [-0.3, -0.25) is 28.8 Å². The lowest BCUT2D eigenvalue weighted by molar-refractivity contribution is -0.224. The van der Waals surface area contributed by atoms with E-state index in [0.29, 0.717) is 6.42 Å². The Morgan fingerprint density at radius 2 is 1.47 bits per heavy atom. The van der Waals surface area contributed by atoms with Crippen LogP contribution >= 0.6 is 11.8 Å². The number of carbonyl (C=O) groups excluding carboxylic acids is 9. The summed E-state index contributed by atoms with van der Waals surface area (Å²) in [6.45, 7) is 13.0. The highest BCUT2D eigenvalue weighted by Crippen LogP contribution is 2.43. The van der Waals surface area contributed by atoms with Crippen LogP contribution in [-0.2, 0) is 76.3 Å². The van der Waals surface area contributed by atoms with Gasteiger partial charge in [0.1, 0.15) is 36.5 Å². The Bertz CT molecular complexity index is 1470. The molecule has 3 amide bonds. The molecule has 1 aliphatic rings. The summed E-state index contributed by atoms with van der Waals surface area (Å²) in [6.07, 6.45) is -7.62. The molecule has 1 saturated heterocycles. The molecule has 21 heteroatoms. The lowest BCUT2D eigenvalue weighted by Gasteiger charge is -2.48. The minimum absolute atomic E-state index is 0.196. The zero-order valence-corrected chi connectivity index (χ0v) is 35.3. The molecule has 1 unspecified atom stereocenters. The average Bonchev–Trinajstić information content (AvgIpc) is 3.09. The van der Waals surface area contributed by atoms with Crippen molar-refractivity contribution >= 4 is 65.5 Å². The molecule has 0 aliphatic carbocycles. The molecule has 324 valence electrons. The first kappa shape index (κ1) is 50.4. The Morgan fingerprint density at radius 3 is 1.95 bits per heavy atom. The van der Waals surface area contributed by atoms with E-state index in [9.17, 15) is 43.2 Å². The second-order valence-electron chi connectivity index (χ2n) is 14.2. The van der Waals surface area contributed by atoms with Gasteiger partial charge in [-0.1, -0.05) is 20.3 Å². The van der Waals surface area contributed by atoms with E-state index in [4.69, 9.17) is 37.9 Å². The van der Waals surface area contributed by atoms with E-state index in [-0.39, 0.29) is 18.1 Å². The zero-order chi connectivity index (χ0) is 43.8. The molecule has 0 spiro atoms. The summed E-state index contributed by atoms with van der Waals surface area (Å²) in [4.78, 5) is 113. The minimum Gasteiger partial charge on any atom is -0.467 e. The number of carbonyl (C=O) groups is 9. The summed E-state index contributed by atoms with van der Waals surface area (Å²) in [6, 6.07) is -3.84. The monoisotopic (exact) mass is 835 g/mol. The van der Waals surface area contributed by atoms with Gasteiger partial charge in [0, 0.05) is 41.0 Å². The largest absolute Gasteiger partial charge is 0.467 e. The number of methoxy groups -OCH3 is 2. The Morgan fingerprint density at radius 1 is 0.860 bits per heavy atom. The van der Waals surface area contributed by atoms with Crippen molar-refractivity contribution in [3.05, 3.63) is 0 Å². The van der Waals surface area contributed by atoms with Crippen molar-refractivity contribution in [2.24, 2.45) is 5.92 Å². The van der Waals surface area contributed by atoms with Crippen molar-refractivity contribution < 1.29 is 81.0 Å². The predicted octanol–water partition coefficient (Wildman–Crippen LogP) is 1.23. The van der Waals surface area contributed by atoms with Gasteiger partial charge in [-0.25, -0.2) is 14.4 Å². The molecule has 1 rings (SSSR count). The molecule has 0 bridgehead atoms. The second-order valence-corrected chi connectivity index (χ2v) is 15.5. The van der Waals surface area contributed by atoms with Crippen LogP contribution in [0.2, 0.25) is 0 Å². The summed E-state index contributed by atoms with van der Waals surface area (Å²) in [5, 5.41) is 7.70. The smallest absolute Gasteiger partial charge is 0.408 e. The van der Waals surface area contributed by atoms with E-state index in [1.54, 1.807) is 34.6 Å². The molecule has 0 saturated carbocycles. The summed E-state index contributed by atoms with van der Waals surface area (Å²) >= 11 is 0.742. The fourth-order valence-electron chi connectivity index (χ4n) is 5.66. The highest BCUT2D eigenvalue weighted by Gasteiger charge is 2.58.